The van der Waals surface area contributed by atoms with Gasteiger partial charge in [-0.1, -0.05) is 20.8 Å². The molecule has 0 unspecified atom stereocenters. The second-order valence-electron chi connectivity index (χ2n) is 3.75. The van der Waals surface area contributed by atoms with E-state index in [4.69, 9.17) is 0 Å². The molecule has 0 saturated carbocycles. The molecule has 0 aliphatic rings. The maximum atomic E-state index is 11.6. The van der Waals surface area contributed by atoms with Crippen LogP contribution < -0.4 is 0 Å². The Labute approximate surface area is 91.5 Å². The van der Waals surface area contributed by atoms with Crippen LogP contribution in [0.25, 0.3) is 0 Å². The second kappa shape index (κ2) is 5.10. The summed E-state index contributed by atoms with van der Waals surface area (Å²) < 4.78 is 2.00. The summed E-state index contributed by atoms with van der Waals surface area (Å²) in [5, 5.41) is 4.51. The molecule has 0 amide bonds. The molecule has 1 aromatic rings. The lowest BCUT2D eigenvalue weighted by atomic mass is 10.1. The number of hydrogen-bond acceptors (Lipinski definition) is 2. The van der Waals surface area contributed by atoms with Gasteiger partial charge >= 0.3 is 0 Å². The number of rotatable bonds is 5. The van der Waals surface area contributed by atoms with Crippen LogP contribution in [0.15, 0.2) is 0 Å². The van der Waals surface area contributed by atoms with Crippen molar-refractivity contribution in [2.75, 3.05) is 0 Å². The van der Waals surface area contributed by atoms with Gasteiger partial charge in [-0.15, -0.1) is 0 Å². The van der Waals surface area contributed by atoms with Crippen molar-refractivity contribution in [3.05, 3.63) is 17.0 Å². The zero-order valence-corrected chi connectivity index (χ0v) is 10.1. The lowest BCUT2D eigenvalue weighted by Gasteiger charge is -2.04. The molecule has 0 bridgehead atoms. The van der Waals surface area contributed by atoms with Gasteiger partial charge in [-0.2, -0.15) is 5.10 Å². The first-order valence-corrected chi connectivity index (χ1v) is 5.75. The third-order valence-electron chi connectivity index (χ3n) is 2.59. The number of carbonyl (C=O) groups is 1. The molecule has 0 N–H and O–H groups in total. The molecule has 0 radical (unpaired) electrons. The Morgan fingerprint density at radius 2 is 1.93 bits per heavy atom. The van der Waals surface area contributed by atoms with Crippen molar-refractivity contribution in [3.63, 3.8) is 0 Å². The fourth-order valence-corrected chi connectivity index (χ4v) is 1.96. The molecule has 0 aliphatic carbocycles. The van der Waals surface area contributed by atoms with Crippen molar-refractivity contribution in [1.29, 1.82) is 0 Å². The normalized spacial score (nSPS) is 10.7. The number of hydrogen-bond donors (Lipinski definition) is 0. The van der Waals surface area contributed by atoms with Gasteiger partial charge < -0.3 is 0 Å². The predicted octanol–water partition coefficient (Wildman–Crippen LogP) is 2.62. The summed E-state index contributed by atoms with van der Waals surface area (Å²) in [6, 6.07) is 0. The van der Waals surface area contributed by atoms with Crippen LogP contribution in [0.1, 0.15) is 55.9 Å². The minimum atomic E-state index is 0.144. The monoisotopic (exact) mass is 208 g/mol. The molecule has 0 spiro atoms. The summed E-state index contributed by atoms with van der Waals surface area (Å²) >= 11 is 0. The Bertz CT molecular complexity index is 353. The smallest absolute Gasteiger partial charge is 0.163 e. The molecule has 0 aromatic carbocycles. The number of aryl methyl sites for hydroxylation is 2. The SMILES string of the molecule is CCCn1nc(CC)c(C(C)=O)c1CC. The van der Waals surface area contributed by atoms with Crippen LogP contribution in [0.5, 0.6) is 0 Å². The van der Waals surface area contributed by atoms with E-state index in [0.717, 1.165) is 42.8 Å². The molecular weight excluding hydrogens is 188 g/mol. The molecule has 0 aliphatic heterocycles. The molecule has 3 nitrogen and oxygen atoms in total. The summed E-state index contributed by atoms with van der Waals surface area (Å²) in [5.74, 6) is 0.144. The van der Waals surface area contributed by atoms with Gasteiger partial charge in [-0.05, 0) is 26.2 Å². The average molecular weight is 208 g/mol. The first kappa shape index (κ1) is 12.0. The van der Waals surface area contributed by atoms with Crippen LogP contribution in [0.3, 0.4) is 0 Å². The van der Waals surface area contributed by atoms with Gasteiger partial charge in [-0.25, -0.2) is 0 Å². The summed E-state index contributed by atoms with van der Waals surface area (Å²) in [6.45, 7) is 8.79. The molecule has 15 heavy (non-hydrogen) atoms. The van der Waals surface area contributed by atoms with E-state index in [1.165, 1.54) is 0 Å². The van der Waals surface area contributed by atoms with Crippen molar-refractivity contribution in [2.24, 2.45) is 0 Å². The first-order chi connectivity index (χ1) is 7.15. The zero-order valence-electron chi connectivity index (χ0n) is 10.1. The average Bonchev–Trinajstić information content (AvgIpc) is 2.56. The van der Waals surface area contributed by atoms with E-state index >= 15 is 0 Å². The van der Waals surface area contributed by atoms with Crippen LogP contribution in [0.2, 0.25) is 0 Å². The summed E-state index contributed by atoms with van der Waals surface area (Å²) in [4.78, 5) is 11.6. The minimum Gasteiger partial charge on any atom is -0.294 e. The lowest BCUT2D eigenvalue weighted by Crippen LogP contribution is -2.06. The zero-order chi connectivity index (χ0) is 11.4. The van der Waals surface area contributed by atoms with Gasteiger partial charge in [0.1, 0.15) is 0 Å². The van der Waals surface area contributed by atoms with Gasteiger partial charge in [0.25, 0.3) is 0 Å². The van der Waals surface area contributed by atoms with Gasteiger partial charge in [0, 0.05) is 12.2 Å². The molecule has 3 heteroatoms. The van der Waals surface area contributed by atoms with E-state index in [-0.39, 0.29) is 5.78 Å². The highest BCUT2D eigenvalue weighted by atomic mass is 16.1. The first-order valence-electron chi connectivity index (χ1n) is 5.75. The molecular formula is C12H20N2O. The van der Waals surface area contributed by atoms with Crippen molar-refractivity contribution in [2.45, 2.75) is 53.5 Å². The fraction of sp³-hybridized carbons (Fsp3) is 0.667. The Hall–Kier alpha value is -1.12. The standard InChI is InChI=1S/C12H20N2O/c1-5-8-14-11(7-3)12(9(4)15)10(6-2)13-14/h5-8H2,1-4H3. The third-order valence-corrected chi connectivity index (χ3v) is 2.59. The fourth-order valence-electron chi connectivity index (χ4n) is 1.96. The summed E-state index contributed by atoms with van der Waals surface area (Å²) in [5.41, 5.74) is 2.91. The van der Waals surface area contributed by atoms with E-state index in [0.29, 0.717) is 0 Å². The van der Waals surface area contributed by atoms with E-state index in [9.17, 15) is 4.79 Å². The van der Waals surface area contributed by atoms with E-state index in [1.807, 2.05) is 11.6 Å². The number of nitrogens with zero attached hydrogens (tertiary/aromatic N) is 2. The molecule has 84 valence electrons. The molecule has 1 aromatic heterocycles. The Morgan fingerprint density at radius 1 is 1.27 bits per heavy atom. The number of Topliss-reactive ketones (excluding diaryl/α,β-unsaturated/α-hetero) is 1. The highest BCUT2D eigenvalue weighted by molar-refractivity contribution is 5.96. The van der Waals surface area contributed by atoms with Crippen LogP contribution in [-0.2, 0) is 19.4 Å². The highest BCUT2D eigenvalue weighted by Crippen LogP contribution is 2.17. The van der Waals surface area contributed by atoms with E-state index in [1.54, 1.807) is 6.92 Å². The van der Waals surface area contributed by atoms with Gasteiger partial charge in [0.05, 0.1) is 11.3 Å². The Balaban J connectivity index is 3.25. The van der Waals surface area contributed by atoms with Gasteiger partial charge in [0.15, 0.2) is 5.78 Å². The Morgan fingerprint density at radius 3 is 2.33 bits per heavy atom. The van der Waals surface area contributed by atoms with Gasteiger partial charge in [0.2, 0.25) is 0 Å². The minimum absolute atomic E-state index is 0.144. The number of carbonyl (C=O) groups excluding carboxylic acids is 1. The molecule has 0 atom stereocenters. The summed E-state index contributed by atoms with van der Waals surface area (Å²) in [6.07, 6.45) is 2.76. The largest absolute Gasteiger partial charge is 0.294 e. The van der Waals surface area contributed by atoms with Crippen LogP contribution >= 0.6 is 0 Å². The van der Waals surface area contributed by atoms with Crippen LogP contribution in [-0.4, -0.2) is 15.6 Å². The lowest BCUT2D eigenvalue weighted by molar-refractivity contribution is 0.101. The molecule has 1 rings (SSSR count). The maximum Gasteiger partial charge on any atom is 0.163 e. The van der Waals surface area contributed by atoms with Gasteiger partial charge in [-0.3, -0.25) is 9.48 Å². The summed E-state index contributed by atoms with van der Waals surface area (Å²) in [7, 11) is 0. The Kier molecular flexibility index (Phi) is 4.06. The van der Waals surface area contributed by atoms with E-state index < -0.39 is 0 Å². The molecule has 0 fully saturated rings. The second-order valence-corrected chi connectivity index (χ2v) is 3.75. The topological polar surface area (TPSA) is 34.9 Å². The quantitative estimate of drug-likeness (QED) is 0.697. The van der Waals surface area contributed by atoms with Crippen molar-refractivity contribution >= 4 is 5.78 Å². The van der Waals surface area contributed by atoms with Crippen molar-refractivity contribution < 1.29 is 4.79 Å². The maximum absolute atomic E-state index is 11.6. The molecule has 0 saturated heterocycles. The molecule has 1 heterocycles. The number of aromatic nitrogens is 2. The van der Waals surface area contributed by atoms with Crippen LogP contribution in [0, 0.1) is 0 Å². The van der Waals surface area contributed by atoms with Crippen molar-refractivity contribution in [3.8, 4) is 0 Å². The third kappa shape index (κ3) is 2.28. The highest BCUT2D eigenvalue weighted by Gasteiger charge is 2.17. The predicted molar refractivity (Wildman–Crippen MR) is 61.3 cm³/mol. The van der Waals surface area contributed by atoms with Crippen molar-refractivity contribution in [1.82, 2.24) is 9.78 Å². The van der Waals surface area contributed by atoms with E-state index in [2.05, 4.69) is 18.9 Å². The van der Waals surface area contributed by atoms with Crippen LogP contribution in [0.4, 0.5) is 0 Å². The number of ketones is 1.